The third kappa shape index (κ3) is 3.42. The maximum Gasteiger partial charge on any atom is 0.338 e. The first-order chi connectivity index (χ1) is 13.2. The number of hydrogen-bond donors (Lipinski definition) is 1. The number of esters is 1. The van der Waals surface area contributed by atoms with Gasteiger partial charge in [0.1, 0.15) is 0 Å². The van der Waals surface area contributed by atoms with Gasteiger partial charge in [0.2, 0.25) is 5.91 Å². The zero-order valence-corrected chi connectivity index (χ0v) is 15.0. The Morgan fingerprint density at radius 1 is 1.19 bits per heavy atom. The van der Waals surface area contributed by atoms with E-state index in [4.69, 9.17) is 9.47 Å². The monoisotopic (exact) mass is 367 g/mol. The number of ether oxygens (including phenoxy) is 2. The lowest BCUT2D eigenvalue weighted by Gasteiger charge is -2.26. The molecule has 0 saturated carbocycles. The SMILES string of the molecule is CCOC(=O)c1ccc(NC(=O)[C@@H]2[C@H](c3cnccn3)[C@@H]3CC[C@H]2O3)cc1. The molecule has 0 unspecified atom stereocenters. The second kappa shape index (κ2) is 7.44. The van der Waals surface area contributed by atoms with Crippen molar-refractivity contribution < 1.29 is 19.1 Å². The highest BCUT2D eigenvalue weighted by Crippen LogP contribution is 2.48. The van der Waals surface area contributed by atoms with Crippen LogP contribution in [0.3, 0.4) is 0 Å². The molecular weight excluding hydrogens is 346 g/mol. The Balaban J connectivity index is 1.49. The normalized spacial score (nSPS) is 26.0. The summed E-state index contributed by atoms with van der Waals surface area (Å²) in [6.45, 7) is 2.09. The number of aromatic nitrogens is 2. The number of nitrogens with zero attached hydrogens (tertiary/aromatic N) is 2. The van der Waals surface area contributed by atoms with Crippen molar-refractivity contribution in [1.29, 1.82) is 0 Å². The Kier molecular flexibility index (Phi) is 4.85. The summed E-state index contributed by atoms with van der Waals surface area (Å²) in [6.07, 6.45) is 6.70. The molecule has 27 heavy (non-hydrogen) atoms. The first-order valence-corrected chi connectivity index (χ1v) is 9.16. The minimum absolute atomic E-state index is 0.00800. The van der Waals surface area contributed by atoms with Crippen LogP contribution in [-0.2, 0) is 14.3 Å². The molecule has 1 aromatic carbocycles. The van der Waals surface area contributed by atoms with Crippen LogP contribution in [0.4, 0.5) is 5.69 Å². The van der Waals surface area contributed by atoms with Crippen molar-refractivity contribution in [3.8, 4) is 0 Å². The molecule has 0 radical (unpaired) electrons. The van der Waals surface area contributed by atoms with Crippen molar-refractivity contribution in [1.82, 2.24) is 9.97 Å². The van der Waals surface area contributed by atoms with Gasteiger partial charge in [-0.2, -0.15) is 0 Å². The van der Waals surface area contributed by atoms with Crippen LogP contribution in [0.25, 0.3) is 0 Å². The molecule has 140 valence electrons. The van der Waals surface area contributed by atoms with Crippen molar-refractivity contribution >= 4 is 17.6 Å². The van der Waals surface area contributed by atoms with E-state index in [1.807, 2.05) is 0 Å². The fourth-order valence-corrected chi connectivity index (χ4v) is 4.00. The van der Waals surface area contributed by atoms with Gasteiger partial charge >= 0.3 is 5.97 Å². The molecule has 2 bridgehead atoms. The summed E-state index contributed by atoms with van der Waals surface area (Å²) < 4.78 is 11.0. The van der Waals surface area contributed by atoms with Gasteiger partial charge in [-0.05, 0) is 44.0 Å². The highest BCUT2D eigenvalue weighted by molar-refractivity contribution is 5.95. The third-order valence-electron chi connectivity index (χ3n) is 5.16. The maximum absolute atomic E-state index is 13.0. The lowest BCUT2D eigenvalue weighted by molar-refractivity contribution is -0.121. The smallest absolute Gasteiger partial charge is 0.338 e. The second-order valence-corrected chi connectivity index (χ2v) is 6.76. The molecule has 7 nitrogen and oxygen atoms in total. The number of carbonyl (C=O) groups is 2. The van der Waals surface area contributed by atoms with E-state index in [1.165, 1.54) is 0 Å². The predicted octanol–water partition coefficient (Wildman–Crippen LogP) is 2.55. The third-order valence-corrected chi connectivity index (χ3v) is 5.16. The first-order valence-electron chi connectivity index (χ1n) is 9.16. The topological polar surface area (TPSA) is 90.4 Å². The number of rotatable bonds is 5. The van der Waals surface area contributed by atoms with E-state index in [0.29, 0.717) is 17.9 Å². The molecule has 7 heteroatoms. The van der Waals surface area contributed by atoms with Crippen molar-refractivity contribution in [3.63, 3.8) is 0 Å². The summed E-state index contributed by atoms with van der Waals surface area (Å²) in [4.78, 5) is 33.2. The quantitative estimate of drug-likeness (QED) is 0.817. The molecule has 2 aliphatic rings. The average Bonchev–Trinajstić information content (AvgIpc) is 3.31. The Morgan fingerprint density at radius 3 is 2.67 bits per heavy atom. The minimum atomic E-state index is -0.375. The summed E-state index contributed by atoms with van der Waals surface area (Å²) >= 11 is 0. The van der Waals surface area contributed by atoms with Gasteiger partial charge in [0, 0.05) is 30.2 Å². The molecule has 1 amide bonds. The largest absolute Gasteiger partial charge is 0.462 e. The van der Waals surface area contributed by atoms with Gasteiger partial charge in [-0.3, -0.25) is 14.8 Å². The minimum Gasteiger partial charge on any atom is -0.462 e. The van der Waals surface area contributed by atoms with Gasteiger partial charge in [0.05, 0.1) is 36.0 Å². The van der Waals surface area contributed by atoms with Crippen molar-refractivity contribution in [3.05, 3.63) is 54.1 Å². The van der Waals surface area contributed by atoms with E-state index in [0.717, 1.165) is 18.5 Å². The molecule has 2 fully saturated rings. The number of amides is 1. The molecule has 4 rings (SSSR count). The molecule has 2 aliphatic heterocycles. The lowest BCUT2D eigenvalue weighted by Crippen LogP contribution is -2.36. The highest BCUT2D eigenvalue weighted by atomic mass is 16.5. The van der Waals surface area contributed by atoms with Gasteiger partial charge in [-0.1, -0.05) is 0 Å². The van der Waals surface area contributed by atoms with Crippen LogP contribution in [-0.4, -0.2) is 40.7 Å². The molecule has 0 aliphatic carbocycles. The summed E-state index contributed by atoms with van der Waals surface area (Å²) in [5.41, 5.74) is 1.88. The zero-order chi connectivity index (χ0) is 18.8. The number of hydrogen-bond acceptors (Lipinski definition) is 6. The lowest BCUT2D eigenvalue weighted by atomic mass is 9.77. The number of anilines is 1. The number of fused-ring (bicyclic) bond motifs is 2. The molecule has 0 spiro atoms. The van der Waals surface area contributed by atoms with Gasteiger partial charge in [-0.25, -0.2) is 4.79 Å². The van der Waals surface area contributed by atoms with E-state index in [2.05, 4.69) is 15.3 Å². The van der Waals surface area contributed by atoms with E-state index < -0.39 is 0 Å². The fourth-order valence-electron chi connectivity index (χ4n) is 4.00. The zero-order valence-electron chi connectivity index (χ0n) is 15.0. The Hall–Kier alpha value is -2.80. The summed E-state index contributed by atoms with van der Waals surface area (Å²) in [5, 5.41) is 2.95. The molecule has 2 aromatic rings. The van der Waals surface area contributed by atoms with Crippen molar-refractivity contribution in [2.75, 3.05) is 11.9 Å². The van der Waals surface area contributed by atoms with E-state index >= 15 is 0 Å². The summed E-state index contributed by atoms with van der Waals surface area (Å²) in [7, 11) is 0. The maximum atomic E-state index is 13.0. The Morgan fingerprint density at radius 2 is 1.96 bits per heavy atom. The van der Waals surface area contributed by atoms with Crippen LogP contribution in [0.15, 0.2) is 42.9 Å². The first kappa shape index (κ1) is 17.6. The van der Waals surface area contributed by atoms with Crippen molar-refractivity contribution in [2.45, 2.75) is 37.9 Å². The van der Waals surface area contributed by atoms with Gasteiger partial charge in [0.15, 0.2) is 0 Å². The van der Waals surface area contributed by atoms with Crippen LogP contribution in [0, 0.1) is 5.92 Å². The summed E-state index contributed by atoms with van der Waals surface area (Å²) in [6, 6.07) is 6.70. The standard InChI is InChI=1S/C20H21N3O4/c1-2-26-20(25)12-3-5-13(6-4-12)23-19(24)18-16-8-7-15(27-16)17(18)14-11-21-9-10-22-14/h3-6,9-11,15-18H,2,7-8H2,1H3,(H,23,24)/t15-,16+,17+,18-/m0/s1. The van der Waals surface area contributed by atoms with E-state index in [-0.39, 0.29) is 35.9 Å². The molecule has 2 saturated heterocycles. The predicted molar refractivity (Wildman–Crippen MR) is 97.2 cm³/mol. The number of nitrogens with one attached hydrogen (secondary N) is 1. The van der Waals surface area contributed by atoms with Gasteiger partial charge in [0.25, 0.3) is 0 Å². The molecule has 3 heterocycles. The molecular formula is C20H21N3O4. The van der Waals surface area contributed by atoms with Crippen LogP contribution in [0.1, 0.15) is 41.7 Å². The number of carbonyl (C=O) groups excluding carboxylic acids is 2. The number of benzene rings is 1. The Bertz CT molecular complexity index is 825. The summed E-state index contributed by atoms with van der Waals surface area (Å²) in [5.74, 6) is -0.859. The van der Waals surface area contributed by atoms with Crippen LogP contribution in [0.2, 0.25) is 0 Å². The van der Waals surface area contributed by atoms with Gasteiger partial charge < -0.3 is 14.8 Å². The fraction of sp³-hybridized carbons (Fsp3) is 0.400. The van der Waals surface area contributed by atoms with Crippen LogP contribution in [0.5, 0.6) is 0 Å². The van der Waals surface area contributed by atoms with Crippen LogP contribution < -0.4 is 5.32 Å². The molecule has 4 atom stereocenters. The van der Waals surface area contributed by atoms with E-state index in [1.54, 1.807) is 49.8 Å². The average molecular weight is 367 g/mol. The van der Waals surface area contributed by atoms with E-state index in [9.17, 15) is 9.59 Å². The highest BCUT2D eigenvalue weighted by Gasteiger charge is 2.53. The van der Waals surface area contributed by atoms with Crippen LogP contribution >= 0.6 is 0 Å². The van der Waals surface area contributed by atoms with Gasteiger partial charge in [-0.15, -0.1) is 0 Å². The van der Waals surface area contributed by atoms with Crippen molar-refractivity contribution in [2.24, 2.45) is 5.92 Å². The second-order valence-electron chi connectivity index (χ2n) is 6.76. The molecule has 1 aromatic heterocycles. The Labute approximate surface area is 157 Å². The molecule has 1 N–H and O–H groups in total.